The van der Waals surface area contributed by atoms with Gasteiger partial charge in [0.25, 0.3) is 0 Å². The number of hydrogen-bond donors (Lipinski definition) is 1. The Morgan fingerprint density at radius 1 is 1.42 bits per heavy atom. The lowest BCUT2D eigenvalue weighted by atomic mass is 9.89. The molecule has 0 bridgehead atoms. The van der Waals surface area contributed by atoms with Gasteiger partial charge in [0.1, 0.15) is 5.75 Å². The lowest BCUT2D eigenvalue weighted by molar-refractivity contribution is -0.0277. The molecule has 19 heavy (non-hydrogen) atoms. The number of rotatable bonds is 6. The molecule has 3 nitrogen and oxygen atoms in total. The zero-order valence-corrected chi connectivity index (χ0v) is 12.0. The van der Waals surface area contributed by atoms with Crippen LogP contribution in [0, 0.1) is 5.92 Å². The average molecular weight is 263 g/mol. The zero-order chi connectivity index (χ0) is 13.5. The molecule has 1 fully saturated rings. The Labute approximate surface area is 116 Å². The van der Waals surface area contributed by atoms with Crippen molar-refractivity contribution in [1.29, 1.82) is 0 Å². The van der Waals surface area contributed by atoms with Crippen molar-refractivity contribution >= 4 is 0 Å². The lowest BCUT2D eigenvalue weighted by Gasteiger charge is -2.32. The number of benzene rings is 1. The second-order valence-electron chi connectivity index (χ2n) is 5.17. The molecular formula is C16H25NO2. The average Bonchev–Trinajstić information content (AvgIpc) is 2.48. The molecule has 0 aliphatic carbocycles. The van der Waals surface area contributed by atoms with E-state index in [1.165, 1.54) is 24.8 Å². The molecule has 0 amide bonds. The molecule has 1 aliphatic heterocycles. The summed E-state index contributed by atoms with van der Waals surface area (Å²) < 4.78 is 11.3. The number of nitrogens with one attached hydrogen (secondary N) is 1. The van der Waals surface area contributed by atoms with Crippen LogP contribution in [0.4, 0.5) is 0 Å². The molecule has 1 aliphatic rings. The molecule has 1 aromatic carbocycles. The summed E-state index contributed by atoms with van der Waals surface area (Å²) in [7, 11) is 1.71. The van der Waals surface area contributed by atoms with Crippen LogP contribution in [0.15, 0.2) is 24.3 Å². The number of ether oxygens (including phenoxy) is 2. The monoisotopic (exact) mass is 263 g/mol. The molecule has 1 aromatic rings. The smallest absolute Gasteiger partial charge is 0.119 e. The minimum absolute atomic E-state index is 0.202. The van der Waals surface area contributed by atoms with Crippen molar-refractivity contribution in [3.05, 3.63) is 29.8 Å². The molecule has 1 N–H and O–H groups in total. The van der Waals surface area contributed by atoms with Gasteiger partial charge in [-0.2, -0.15) is 0 Å². The van der Waals surface area contributed by atoms with E-state index in [-0.39, 0.29) is 6.10 Å². The zero-order valence-electron chi connectivity index (χ0n) is 12.0. The van der Waals surface area contributed by atoms with Crippen LogP contribution in [-0.4, -0.2) is 26.8 Å². The molecule has 0 saturated carbocycles. The lowest BCUT2D eigenvalue weighted by Crippen LogP contribution is -2.32. The van der Waals surface area contributed by atoms with Gasteiger partial charge in [0, 0.05) is 19.1 Å². The topological polar surface area (TPSA) is 30.5 Å². The Hall–Kier alpha value is -1.06. The maximum absolute atomic E-state index is 6.01. The van der Waals surface area contributed by atoms with Crippen LogP contribution in [-0.2, 0) is 4.74 Å². The van der Waals surface area contributed by atoms with E-state index in [2.05, 4.69) is 24.4 Å². The summed E-state index contributed by atoms with van der Waals surface area (Å²) in [6, 6.07) is 8.27. The normalized spacial score (nSPS) is 23.3. The fourth-order valence-electron chi connectivity index (χ4n) is 2.70. The second-order valence-corrected chi connectivity index (χ2v) is 5.17. The van der Waals surface area contributed by atoms with E-state index in [0.717, 1.165) is 25.4 Å². The third-order valence-electron chi connectivity index (χ3n) is 3.70. The van der Waals surface area contributed by atoms with E-state index in [9.17, 15) is 0 Å². The van der Waals surface area contributed by atoms with Crippen LogP contribution < -0.4 is 10.1 Å². The highest BCUT2D eigenvalue weighted by Crippen LogP contribution is 2.34. The first-order valence-corrected chi connectivity index (χ1v) is 7.31. The minimum Gasteiger partial charge on any atom is -0.497 e. The third kappa shape index (κ3) is 3.95. The van der Waals surface area contributed by atoms with E-state index in [0.29, 0.717) is 5.92 Å². The molecule has 2 unspecified atom stereocenters. The molecule has 2 rings (SSSR count). The van der Waals surface area contributed by atoms with Gasteiger partial charge in [0.05, 0.1) is 13.2 Å². The highest BCUT2D eigenvalue weighted by atomic mass is 16.5. The van der Waals surface area contributed by atoms with Crippen LogP contribution in [0.1, 0.15) is 37.9 Å². The first-order valence-electron chi connectivity index (χ1n) is 7.31. The van der Waals surface area contributed by atoms with Crippen LogP contribution >= 0.6 is 0 Å². The van der Waals surface area contributed by atoms with Gasteiger partial charge in [-0.3, -0.25) is 0 Å². The number of methoxy groups -OCH3 is 1. The third-order valence-corrected chi connectivity index (χ3v) is 3.70. The van der Waals surface area contributed by atoms with Crippen LogP contribution in [0.5, 0.6) is 5.75 Å². The van der Waals surface area contributed by atoms with Crippen molar-refractivity contribution in [3.63, 3.8) is 0 Å². The summed E-state index contributed by atoms with van der Waals surface area (Å²) in [6.07, 6.45) is 3.78. The van der Waals surface area contributed by atoms with E-state index in [4.69, 9.17) is 9.47 Å². The minimum atomic E-state index is 0.202. The molecule has 3 heteroatoms. The SMILES string of the molecule is CCCNCC1CCCOC1c1cccc(OC)c1. The molecular weight excluding hydrogens is 238 g/mol. The van der Waals surface area contributed by atoms with Gasteiger partial charge in [-0.05, 0) is 43.5 Å². The fraction of sp³-hybridized carbons (Fsp3) is 0.625. The Balaban J connectivity index is 2.05. The molecule has 0 radical (unpaired) electrons. The Morgan fingerprint density at radius 2 is 2.32 bits per heavy atom. The summed E-state index contributed by atoms with van der Waals surface area (Å²) in [5.74, 6) is 1.47. The standard InChI is InChI=1S/C16H25NO2/c1-3-9-17-12-14-7-5-10-19-16(14)13-6-4-8-15(11-13)18-2/h4,6,8,11,14,16-17H,3,5,7,9-10,12H2,1-2H3. The maximum Gasteiger partial charge on any atom is 0.119 e. The van der Waals surface area contributed by atoms with Gasteiger partial charge in [0.2, 0.25) is 0 Å². The predicted molar refractivity (Wildman–Crippen MR) is 77.6 cm³/mol. The van der Waals surface area contributed by atoms with Crippen LogP contribution in [0.2, 0.25) is 0 Å². The first-order chi connectivity index (χ1) is 9.35. The quantitative estimate of drug-likeness (QED) is 0.800. The van der Waals surface area contributed by atoms with E-state index < -0.39 is 0 Å². The Morgan fingerprint density at radius 3 is 3.11 bits per heavy atom. The predicted octanol–water partition coefficient (Wildman–Crippen LogP) is 3.16. The summed E-state index contributed by atoms with van der Waals surface area (Å²) >= 11 is 0. The molecule has 0 aromatic heterocycles. The molecule has 2 atom stereocenters. The largest absolute Gasteiger partial charge is 0.497 e. The number of hydrogen-bond acceptors (Lipinski definition) is 3. The van der Waals surface area contributed by atoms with Gasteiger partial charge in [-0.15, -0.1) is 0 Å². The highest BCUT2D eigenvalue weighted by Gasteiger charge is 2.27. The van der Waals surface area contributed by atoms with Crippen LogP contribution in [0.25, 0.3) is 0 Å². The van der Waals surface area contributed by atoms with E-state index in [1.807, 2.05) is 12.1 Å². The molecule has 106 valence electrons. The van der Waals surface area contributed by atoms with Gasteiger partial charge in [0.15, 0.2) is 0 Å². The van der Waals surface area contributed by atoms with Crippen molar-refractivity contribution in [2.24, 2.45) is 5.92 Å². The molecule has 0 spiro atoms. The maximum atomic E-state index is 6.01. The van der Waals surface area contributed by atoms with Gasteiger partial charge >= 0.3 is 0 Å². The highest BCUT2D eigenvalue weighted by molar-refractivity contribution is 5.30. The van der Waals surface area contributed by atoms with Crippen molar-refractivity contribution in [1.82, 2.24) is 5.32 Å². The Kier molecular flexibility index (Phi) is 5.67. The summed E-state index contributed by atoms with van der Waals surface area (Å²) in [5, 5.41) is 3.52. The second kappa shape index (κ2) is 7.51. The van der Waals surface area contributed by atoms with Crippen molar-refractivity contribution in [2.45, 2.75) is 32.3 Å². The van der Waals surface area contributed by atoms with Gasteiger partial charge < -0.3 is 14.8 Å². The first kappa shape index (κ1) is 14.4. The molecule has 1 heterocycles. The van der Waals surface area contributed by atoms with Gasteiger partial charge in [-0.1, -0.05) is 19.1 Å². The van der Waals surface area contributed by atoms with E-state index in [1.54, 1.807) is 7.11 Å². The van der Waals surface area contributed by atoms with Crippen LogP contribution in [0.3, 0.4) is 0 Å². The molecule has 1 saturated heterocycles. The van der Waals surface area contributed by atoms with Crippen molar-refractivity contribution < 1.29 is 9.47 Å². The van der Waals surface area contributed by atoms with Crippen molar-refractivity contribution in [2.75, 3.05) is 26.8 Å². The summed E-state index contributed by atoms with van der Waals surface area (Å²) in [5.41, 5.74) is 1.24. The Bertz CT molecular complexity index is 381. The fourth-order valence-corrected chi connectivity index (χ4v) is 2.70. The summed E-state index contributed by atoms with van der Waals surface area (Å²) in [6.45, 7) is 5.19. The summed E-state index contributed by atoms with van der Waals surface area (Å²) in [4.78, 5) is 0. The van der Waals surface area contributed by atoms with Gasteiger partial charge in [-0.25, -0.2) is 0 Å². The van der Waals surface area contributed by atoms with E-state index >= 15 is 0 Å². The van der Waals surface area contributed by atoms with Crippen molar-refractivity contribution in [3.8, 4) is 5.75 Å².